The molecule has 0 saturated heterocycles. The Hall–Kier alpha value is -0.473. The Kier molecular flexibility index (Phi) is 5.36. The Morgan fingerprint density at radius 2 is 1.81 bits per heavy atom. The fourth-order valence-electron chi connectivity index (χ4n) is 1.41. The molecule has 1 aromatic rings. The van der Waals surface area contributed by atoms with E-state index in [1.165, 1.54) is 11.6 Å². The summed E-state index contributed by atoms with van der Waals surface area (Å²) in [5.74, 6) is 0.969. The molecule has 0 aliphatic rings. The maximum absolute atomic E-state index is 6.00. The molecule has 0 bridgehead atoms. The van der Waals surface area contributed by atoms with Crippen LogP contribution in [0.15, 0.2) is 24.3 Å². The molecule has 16 heavy (non-hydrogen) atoms. The third-order valence-corrected chi connectivity index (χ3v) is 7.31. The smallest absolute Gasteiger partial charge is 0.119 e. The molecule has 1 nitrogen and oxygen atoms in total. The van der Waals surface area contributed by atoms with Crippen LogP contribution in [0.2, 0.25) is 13.1 Å². The standard InChI is InChI=1S/C13H21ClOSi/c1-4-5-10-15-12-6-8-13(9-7-12)16(2,3)11-14/h6-9H,4-5,10-11H2,1-3H3. The minimum absolute atomic E-state index is 0.767. The summed E-state index contributed by atoms with van der Waals surface area (Å²) in [6.07, 6.45) is 2.29. The first-order valence-corrected chi connectivity index (χ1v) is 9.63. The summed E-state index contributed by atoms with van der Waals surface area (Å²) in [6.45, 7) is 7.55. The molecule has 0 saturated carbocycles. The van der Waals surface area contributed by atoms with Crippen molar-refractivity contribution in [2.24, 2.45) is 0 Å². The van der Waals surface area contributed by atoms with E-state index in [0.717, 1.165) is 24.3 Å². The number of hydrogen-bond donors (Lipinski definition) is 0. The molecule has 0 amide bonds. The largest absolute Gasteiger partial charge is 0.494 e. The van der Waals surface area contributed by atoms with Crippen LogP contribution >= 0.6 is 11.6 Å². The van der Waals surface area contributed by atoms with Gasteiger partial charge in [-0.15, -0.1) is 11.6 Å². The summed E-state index contributed by atoms with van der Waals surface area (Å²) < 4.78 is 5.63. The molecule has 1 rings (SSSR count). The fraction of sp³-hybridized carbons (Fsp3) is 0.538. The average Bonchev–Trinajstić information content (AvgIpc) is 2.30. The lowest BCUT2D eigenvalue weighted by Gasteiger charge is -2.19. The second-order valence-corrected chi connectivity index (χ2v) is 10.2. The summed E-state index contributed by atoms with van der Waals surface area (Å²) in [4.78, 5) is 0. The van der Waals surface area contributed by atoms with Crippen molar-refractivity contribution >= 4 is 24.9 Å². The van der Waals surface area contributed by atoms with Crippen molar-refractivity contribution in [3.05, 3.63) is 24.3 Å². The van der Waals surface area contributed by atoms with E-state index in [0.29, 0.717) is 0 Å². The summed E-state index contributed by atoms with van der Waals surface area (Å²) in [5.41, 5.74) is 0.767. The lowest BCUT2D eigenvalue weighted by atomic mass is 10.3. The van der Waals surface area contributed by atoms with Gasteiger partial charge < -0.3 is 4.74 Å². The summed E-state index contributed by atoms with van der Waals surface area (Å²) >= 11 is 6.00. The van der Waals surface area contributed by atoms with Gasteiger partial charge in [0.15, 0.2) is 0 Å². The molecule has 0 aliphatic heterocycles. The number of unbranched alkanes of at least 4 members (excludes halogenated alkanes) is 1. The Morgan fingerprint density at radius 1 is 1.19 bits per heavy atom. The van der Waals surface area contributed by atoms with Gasteiger partial charge in [-0.05, 0) is 18.6 Å². The highest BCUT2D eigenvalue weighted by Gasteiger charge is 2.21. The predicted molar refractivity (Wildman–Crippen MR) is 74.7 cm³/mol. The third-order valence-electron chi connectivity index (χ3n) is 2.74. The Morgan fingerprint density at radius 3 is 2.31 bits per heavy atom. The van der Waals surface area contributed by atoms with E-state index in [-0.39, 0.29) is 0 Å². The van der Waals surface area contributed by atoms with Crippen molar-refractivity contribution < 1.29 is 4.74 Å². The molecule has 3 heteroatoms. The zero-order valence-electron chi connectivity index (χ0n) is 10.4. The van der Waals surface area contributed by atoms with Gasteiger partial charge in [0.05, 0.1) is 14.7 Å². The minimum atomic E-state index is -1.40. The highest BCUT2D eigenvalue weighted by molar-refractivity contribution is 6.94. The van der Waals surface area contributed by atoms with Crippen LogP contribution in [-0.4, -0.2) is 20.2 Å². The van der Waals surface area contributed by atoms with Crippen molar-refractivity contribution in [3.8, 4) is 5.75 Å². The summed E-state index contributed by atoms with van der Waals surface area (Å²) in [7, 11) is -1.40. The van der Waals surface area contributed by atoms with Crippen molar-refractivity contribution in [1.29, 1.82) is 0 Å². The molecular formula is C13H21ClOSi. The number of halogens is 1. The van der Waals surface area contributed by atoms with E-state index >= 15 is 0 Å². The quantitative estimate of drug-likeness (QED) is 0.430. The van der Waals surface area contributed by atoms with Crippen molar-refractivity contribution in [1.82, 2.24) is 0 Å². The normalized spacial score (nSPS) is 11.5. The highest BCUT2D eigenvalue weighted by atomic mass is 35.5. The maximum Gasteiger partial charge on any atom is 0.119 e. The molecular weight excluding hydrogens is 236 g/mol. The molecule has 0 spiro atoms. The number of alkyl halides is 1. The van der Waals surface area contributed by atoms with E-state index in [1.807, 2.05) is 0 Å². The van der Waals surface area contributed by atoms with E-state index in [1.54, 1.807) is 0 Å². The van der Waals surface area contributed by atoms with Gasteiger partial charge in [0.2, 0.25) is 0 Å². The van der Waals surface area contributed by atoms with E-state index in [9.17, 15) is 0 Å². The first-order valence-electron chi connectivity index (χ1n) is 5.89. The molecule has 0 N–H and O–H groups in total. The zero-order chi connectivity index (χ0) is 12.0. The lowest BCUT2D eigenvalue weighted by molar-refractivity contribution is 0.309. The van der Waals surface area contributed by atoms with E-state index in [2.05, 4.69) is 44.3 Å². The van der Waals surface area contributed by atoms with Gasteiger partial charge in [0, 0.05) is 5.50 Å². The molecule has 90 valence electrons. The van der Waals surface area contributed by atoms with Gasteiger partial charge in [-0.2, -0.15) is 0 Å². The Balaban J connectivity index is 2.61. The summed E-state index contributed by atoms with van der Waals surface area (Å²) in [5, 5.41) is 1.39. The van der Waals surface area contributed by atoms with Crippen LogP contribution in [0.1, 0.15) is 19.8 Å². The number of hydrogen-bond acceptors (Lipinski definition) is 1. The van der Waals surface area contributed by atoms with Gasteiger partial charge >= 0.3 is 0 Å². The van der Waals surface area contributed by atoms with Gasteiger partial charge in [0.25, 0.3) is 0 Å². The SMILES string of the molecule is CCCCOc1ccc([Si](C)(C)CCl)cc1. The second-order valence-electron chi connectivity index (χ2n) is 4.74. The molecule has 0 heterocycles. The number of benzene rings is 1. The second kappa shape index (κ2) is 6.31. The van der Waals surface area contributed by atoms with Gasteiger partial charge in [-0.1, -0.05) is 43.8 Å². The zero-order valence-corrected chi connectivity index (χ0v) is 12.2. The predicted octanol–water partition coefficient (Wildman–Crippen LogP) is 3.56. The molecule has 0 fully saturated rings. The molecule has 0 radical (unpaired) electrons. The molecule has 0 atom stereocenters. The van der Waals surface area contributed by atoms with Crippen LogP contribution < -0.4 is 9.92 Å². The van der Waals surface area contributed by atoms with Crippen LogP contribution in [0.4, 0.5) is 0 Å². The molecule has 0 aliphatic carbocycles. The van der Waals surface area contributed by atoms with Gasteiger partial charge in [-0.3, -0.25) is 0 Å². The summed E-state index contributed by atoms with van der Waals surface area (Å²) in [6, 6.07) is 8.45. The van der Waals surface area contributed by atoms with E-state index < -0.39 is 8.07 Å². The fourth-order valence-corrected chi connectivity index (χ4v) is 3.10. The van der Waals surface area contributed by atoms with Crippen molar-refractivity contribution in [2.45, 2.75) is 32.9 Å². The topological polar surface area (TPSA) is 9.23 Å². The lowest BCUT2D eigenvalue weighted by Crippen LogP contribution is -2.43. The highest BCUT2D eigenvalue weighted by Crippen LogP contribution is 2.12. The van der Waals surface area contributed by atoms with Crippen LogP contribution in [-0.2, 0) is 0 Å². The Bertz CT molecular complexity index is 308. The number of ether oxygens (including phenoxy) is 1. The first-order chi connectivity index (χ1) is 7.60. The van der Waals surface area contributed by atoms with Gasteiger partial charge in [0.1, 0.15) is 5.75 Å². The van der Waals surface area contributed by atoms with Crippen LogP contribution in [0.25, 0.3) is 0 Å². The van der Waals surface area contributed by atoms with Crippen LogP contribution in [0, 0.1) is 0 Å². The van der Waals surface area contributed by atoms with Crippen LogP contribution in [0.3, 0.4) is 0 Å². The van der Waals surface area contributed by atoms with E-state index in [4.69, 9.17) is 16.3 Å². The maximum atomic E-state index is 6.00. The Labute approximate surface area is 105 Å². The molecule has 0 unspecified atom stereocenters. The van der Waals surface area contributed by atoms with Crippen LogP contribution in [0.5, 0.6) is 5.75 Å². The minimum Gasteiger partial charge on any atom is -0.494 e. The third kappa shape index (κ3) is 3.83. The number of rotatable bonds is 6. The molecule has 1 aromatic carbocycles. The van der Waals surface area contributed by atoms with Gasteiger partial charge in [-0.25, -0.2) is 0 Å². The first kappa shape index (κ1) is 13.6. The van der Waals surface area contributed by atoms with Crippen molar-refractivity contribution in [2.75, 3.05) is 12.1 Å². The monoisotopic (exact) mass is 256 g/mol. The molecule has 0 aromatic heterocycles. The average molecular weight is 257 g/mol. The van der Waals surface area contributed by atoms with Crippen molar-refractivity contribution in [3.63, 3.8) is 0 Å².